The number of ether oxygens (including phenoxy) is 1. The molecule has 1 aliphatic rings. The van der Waals surface area contributed by atoms with E-state index in [1.54, 1.807) is 12.0 Å². The van der Waals surface area contributed by atoms with E-state index in [0.717, 1.165) is 0 Å². The van der Waals surface area contributed by atoms with Crippen molar-refractivity contribution in [3.05, 3.63) is 12.2 Å². The summed E-state index contributed by atoms with van der Waals surface area (Å²) < 4.78 is 5.09. The van der Waals surface area contributed by atoms with Gasteiger partial charge in [0.2, 0.25) is 0 Å². The van der Waals surface area contributed by atoms with E-state index in [2.05, 4.69) is 6.58 Å². The number of hydrogen-bond acceptors (Lipinski definition) is 4. The number of hydroxylamine groups is 2. The SMILES string of the molecule is C=C(C)C(=O)ON1CCOCC1. The molecule has 12 heavy (non-hydrogen) atoms. The van der Waals surface area contributed by atoms with Gasteiger partial charge < -0.3 is 9.57 Å². The topological polar surface area (TPSA) is 38.8 Å². The Labute approximate surface area is 71.7 Å². The van der Waals surface area contributed by atoms with Crippen LogP contribution in [0.5, 0.6) is 0 Å². The quantitative estimate of drug-likeness (QED) is 0.562. The second-order valence-electron chi connectivity index (χ2n) is 2.70. The summed E-state index contributed by atoms with van der Waals surface area (Å²) in [4.78, 5) is 16.0. The lowest BCUT2D eigenvalue weighted by Gasteiger charge is -2.24. The Hall–Kier alpha value is -0.870. The number of carbonyl (C=O) groups excluding carboxylic acids is 1. The largest absolute Gasteiger partial charge is 0.379 e. The Morgan fingerprint density at radius 2 is 2.08 bits per heavy atom. The van der Waals surface area contributed by atoms with Crippen LogP contribution in [0.4, 0.5) is 0 Å². The van der Waals surface area contributed by atoms with E-state index < -0.39 is 0 Å². The lowest BCUT2D eigenvalue weighted by molar-refractivity contribution is -0.200. The molecule has 1 aliphatic heterocycles. The Morgan fingerprint density at radius 3 is 2.58 bits per heavy atom. The summed E-state index contributed by atoms with van der Waals surface area (Å²) in [6, 6.07) is 0. The molecule has 68 valence electrons. The van der Waals surface area contributed by atoms with Crippen LogP contribution in [0.15, 0.2) is 12.2 Å². The highest BCUT2D eigenvalue weighted by atomic mass is 16.7. The van der Waals surface area contributed by atoms with Gasteiger partial charge in [-0.05, 0) is 6.92 Å². The third-order valence-electron chi connectivity index (χ3n) is 1.53. The molecule has 1 rings (SSSR count). The fourth-order valence-electron chi connectivity index (χ4n) is 0.833. The summed E-state index contributed by atoms with van der Waals surface area (Å²) in [5, 5.41) is 1.60. The van der Waals surface area contributed by atoms with Crippen molar-refractivity contribution in [2.75, 3.05) is 26.3 Å². The van der Waals surface area contributed by atoms with Crippen LogP contribution in [0.2, 0.25) is 0 Å². The molecule has 4 heteroatoms. The monoisotopic (exact) mass is 171 g/mol. The normalized spacial score (nSPS) is 18.8. The average Bonchev–Trinajstić information content (AvgIpc) is 2.06. The first-order chi connectivity index (χ1) is 5.70. The van der Waals surface area contributed by atoms with Crippen LogP contribution >= 0.6 is 0 Å². The number of nitrogens with zero attached hydrogens (tertiary/aromatic N) is 1. The number of hydrogen-bond donors (Lipinski definition) is 0. The lowest BCUT2D eigenvalue weighted by Crippen LogP contribution is -2.38. The second kappa shape index (κ2) is 4.23. The van der Waals surface area contributed by atoms with Crippen molar-refractivity contribution in [3.63, 3.8) is 0 Å². The Kier molecular flexibility index (Phi) is 3.25. The maximum atomic E-state index is 11.0. The third kappa shape index (κ3) is 2.64. The van der Waals surface area contributed by atoms with Crippen molar-refractivity contribution in [2.24, 2.45) is 0 Å². The fourth-order valence-corrected chi connectivity index (χ4v) is 0.833. The van der Waals surface area contributed by atoms with E-state index >= 15 is 0 Å². The van der Waals surface area contributed by atoms with Gasteiger partial charge in [-0.1, -0.05) is 6.58 Å². The molecule has 0 saturated carbocycles. The Balaban J connectivity index is 2.29. The summed E-state index contributed by atoms with van der Waals surface area (Å²) in [5.74, 6) is -0.364. The van der Waals surface area contributed by atoms with Gasteiger partial charge in [0.1, 0.15) is 0 Å². The van der Waals surface area contributed by atoms with Gasteiger partial charge in [0.05, 0.1) is 26.3 Å². The zero-order chi connectivity index (χ0) is 8.97. The van der Waals surface area contributed by atoms with E-state index in [-0.39, 0.29) is 5.97 Å². The van der Waals surface area contributed by atoms with Crippen LogP contribution in [0, 0.1) is 0 Å². The first-order valence-corrected chi connectivity index (χ1v) is 3.90. The Bertz CT molecular complexity index is 185. The molecule has 0 aromatic carbocycles. The van der Waals surface area contributed by atoms with Crippen LogP contribution in [0.25, 0.3) is 0 Å². The summed E-state index contributed by atoms with van der Waals surface area (Å²) >= 11 is 0. The standard InChI is InChI=1S/C8H13NO3/c1-7(2)8(10)12-9-3-5-11-6-4-9/h1,3-6H2,2H3. The molecule has 0 atom stereocenters. The highest BCUT2D eigenvalue weighted by Gasteiger charge is 2.15. The van der Waals surface area contributed by atoms with Crippen LogP contribution in [-0.4, -0.2) is 37.3 Å². The van der Waals surface area contributed by atoms with Gasteiger partial charge in [-0.3, -0.25) is 0 Å². The maximum Gasteiger partial charge on any atom is 0.352 e. The minimum absolute atomic E-state index is 0.364. The first-order valence-electron chi connectivity index (χ1n) is 3.90. The minimum atomic E-state index is -0.364. The zero-order valence-electron chi connectivity index (χ0n) is 7.21. The molecule has 1 heterocycles. The molecule has 4 nitrogen and oxygen atoms in total. The van der Waals surface area contributed by atoms with Gasteiger partial charge in [-0.2, -0.15) is 0 Å². The van der Waals surface area contributed by atoms with Gasteiger partial charge in [0.15, 0.2) is 0 Å². The van der Waals surface area contributed by atoms with E-state index in [0.29, 0.717) is 31.9 Å². The van der Waals surface area contributed by atoms with Crippen LogP contribution in [0.3, 0.4) is 0 Å². The molecule has 0 aromatic heterocycles. The Morgan fingerprint density at radius 1 is 1.50 bits per heavy atom. The summed E-state index contributed by atoms with van der Waals surface area (Å²) in [7, 11) is 0. The predicted molar refractivity (Wildman–Crippen MR) is 43.3 cm³/mol. The molecular weight excluding hydrogens is 158 g/mol. The van der Waals surface area contributed by atoms with E-state index in [1.165, 1.54) is 0 Å². The number of morpholine rings is 1. The smallest absolute Gasteiger partial charge is 0.352 e. The van der Waals surface area contributed by atoms with Crippen molar-refractivity contribution >= 4 is 5.97 Å². The van der Waals surface area contributed by atoms with Crippen molar-refractivity contribution in [3.8, 4) is 0 Å². The molecule has 0 amide bonds. The molecule has 0 bridgehead atoms. The van der Waals surface area contributed by atoms with Crippen LogP contribution in [0.1, 0.15) is 6.92 Å². The molecule has 0 radical (unpaired) electrons. The zero-order valence-corrected chi connectivity index (χ0v) is 7.21. The number of carbonyl (C=O) groups is 1. The van der Waals surface area contributed by atoms with E-state index in [1.807, 2.05) is 0 Å². The highest BCUT2D eigenvalue weighted by molar-refractivity contribution is 5.86. The first kappa shape index (κ1) is 9.22. The number of rotatable bonds is 2. The van der Waals surface area contributed by atoms with Crippen LogP contribution < -0.4 is 0 Å². The van der Waals surface area contributed by atoms with Crippen molar-refractivity contribution in [1.29, 1.82) is 0 Å². The molecule has 0 spiro atoms. The van der Waals surface area contributed by atoms with Gasteiger partial charge >= 0.3 is 5.97 Å². The minimum Gasteiger partial charge on any atom is -0.379 e. The summed E-state index contributed by atoms with van der Waals surface area (Å²) in [5.41, 5.74) is 0.418. The molecule has 1 fully saturated rings. The van der Waals surface area contributed by atoms with Gasteiger partial charge in [-0.15, -0.1) is 5.06 Å². The van der Waals surface area contributed by atoms with Gasteiger partial charge in [-0.25, -0.2) is 4.79 Å². The van der Waals surface area contributed by atoms with Gasteiger partial charge in [0.25, 0.3) is 0 Å². The second-order valence-corrected chi connectivity index (χ2v) is 2.70. The van der Waals surface area contributed by atoms with E-state index in [9.17, 15) is 4.79 Å². The fraction of sp³-hybridized carbons (Fsp3) is 0.625. The highest BCUT2D eigenvalue weighted by Crippen LogP contribution is 2.01. The van der Waals surface area contributed by atoms with Gasteiger partial charge in [0, 0.05) is 5.57 Å². The molecule has 0 N–H and O–H groups in total. The van der Waals surface area contributed by atoms with Crippen LogP contribution in [-0.2, 0) is 14.4 Å². The van der Waals surface area contributed by atoms with Crippen molar-refractivity contribution < 1.29 is 14.4 Å². The third-order valence-corrected chi connectivity index (χ3v) is 1.53. The predicted octanol–water partition coefficient (Wildman–Crippen LogP) is 0.353. The summed E-state index contributed by atoms with van der Waals surface area (Å²) in [6.45, 7) is 7.62. The van der Waals surface area contributed by atoms with Crippen molar-refractivity contribution in [2.45, 2.75) is 6.92 Å². The van der Waals surface area contributed by atoms with Crippen molar-refractivity contribution in [1.82, 2.24) is 5.06 Å². The molecular formula is C8H13NO3. The molecule has 0 aromatic rings. The van der Waals surface area contributed by atoms with E-state index in [4.69, 9.17) is 9.57 Å². The molecule has 0 unspecified atom stereocenters. The lowest BCUT2D eigenvalue weighted by atomic mass is 10.4. The maximum absolute atomic E-state index is 11.0. The molecule has 0 aliphatic carbocycles. The average molecular weight is 171 g/mol. The summed E-state index contributed by atoms with van der Waals surface area (Å²) in [6.07, 6.45) is 0. The molecule has 1 saturated heterocycles.